The molecule has 19 heavy (non-hydrogen) atoms. The van der Waals surface area contributed by atoms with Crippen LogP contribution in [0.15, 0.2) is 18.2 Å². The summed E-state index contributed by atoms with van der Waals surface area (Å²) in [4.78, 5) is 2.22. The minimum Gasteiger partial charge on any atom is -0.304 e. The minimum absolute atomic E-state index is 0.104. The highest BCUT2D eigenvalue weighted by molar-refractivity contribution is 5.24. The van der Waals surface area contributed by atoms with Gasteiger partial charge in [-0.25, -0.2) is 4.39 Å². The van der Waals surface area contributed by atoms with Gasteiger partial charge in [-0.15, -0.1) is 0 Å². The molecule has 0 aromatic heterocycles. The third-order valence-corrected chi connectivity index (χ3v) is 4.12. The van der Waals surface area contributed by atoms with Crippen molar-refractivity contribution in [1.82, 2.24) is 4.90 Å². The lowest BCUT2D eigenvalue weighted by Gasteiger charge is -2.38. The van der Waals surface area contributed by atoms with E-state index in [9.17, 15) is 9.65 Å². The molecule has 0 atom stereocenters. The Morgan fingerprint density at radius 1 is 1.42 bits per heavy atom. The number of aryl methyl sites for hydroxylation is 1. The molecule has 0 unspecified atom stereocenters. The number of nitriles is 1. The van der Waals surface area contributed by atoms with Crippen molar-refractivity contribution in [3.63, 3.8) is 0 Å². The van der Waals surface area contributed by atoms with Crippen molar-refractivity contribution in [2.75, 3.05) is 20.1 Å². The zero-order valence-corrected chi connectivity index (χ0v) is 11.7. The molecule has 1 aliphatic rings. The van der Waals surface area contributed by atoms with E-state index in [4.69, 9.17) is 0 Å². The van der Waals surface area contributed by atoms with Crippen LogP contribution >= 0.6 is 0 Å². The van der Waals surface area contributed by atoms with Crippen molar-refractivity contribution in [2.24, 2.45) is 5.41 Å². The Bertz CT molecular complexity index is 486. The maximum atomic E-state index is 13.2. The van der Waals surface area contributed by atoms with Crippen LogP contribution in [-0.2, 0) is 6.42 Å². The quantitative estimate of drug-likeness (QED) is 0.812. The van der Waals surface area contributed by atoms with E-state index >= 15 is 0 Å². The summed E-state index contributed by atoms with van der Waals surface area (Å²) in [5.41, 5.74) is 1.76. The molecule has 0 bridgehead atoms. The SMILES string of the molecule is Cc1cc(CCN(C)CC2(C#N)CCC2)ccc1F. The van der Waals surface area contributed by atoms with Gasteiger partial charge in [0.2, 0.25) is 0 Å². The molecular weight excluding hydrogens is 239 g/mol. The first-order valence-electron chi connectivity index (χ1n) is 6.89. The summed E-state index contributed by atoms with van der Waals surface area (Å²) < 4.78 is 13.2. The predicted octanol–water partition coefficient (Wildman–Crippen LogP) is 3.30. The topological polar surface area (TPSA) is 27.0 Å². The lowest BCUT2D eigenvalue weighted by Crippen LogP contribution is -2.40. The molecule has 3 heteroatoms. The highest BCUT2D eigenvalue weighted by atomic mass is 19.1. The summed E-state index contributed by atoms with van der Waals surface area (Å²) in [7, 11) is 2.06. The average molecular weight is 260 g/mol. The summed E-state index contributed by atoms with van der Waals surface area (Å²) >= 11 is 0. The number of halogens is 1. The first kappa shape index (κ1) is 14.0. The van der Waals surface area contributed by atoms with Crippen LogP contribution in [-0.4, -0.2) is 25.0 Å². The minimum atomic E-state index is -0.144. The number of rotatable bonds is 5. The van der Waals surface area contributed by atoms with Crippen LogP contribution in [0.1, 0.15) is 30.4 Å². The van der Waals surface area contributed by atoms with Gasteiger partial charge in [0.1, 0.15) is 5.82 Å². The van der Waals surface area contributed by atoms with Crippen LogP contribution in [0.4, 0.5) is 4.39 Å². The van der Waals surface area contributed by atoms with Crippen molar-refractivity contribution < 1.29 is 4.39 Å². The van der Waals surface area contributed by atoms with Crippen LogP contribution in [0, 0.1) is 29.5 Å². The lowest BCUT2D eigenvalue weighted by molar-refractivity contribution is 0.139. The van der Waals surface area contributed by atoms with Crippen molar-refractivity contribution in [2.45, 2.75) is 32.6 Å². The second kappa shape index (κ2) is 5.71. The summed E-state index contributed by atoms with van der Waals surface area (Å²) in [6, 6.07) is 7.76. The fourth-order valence-corrected chi connectivity index (χ4v) is 2.69. The fourth-order valence-electron chi connectivity index (χ4n) is 2.69. The van der Waals surface area contributed by atoms with Crippen molar-refractivity contribution >= 4 is 0 Å². The molecule has 0 amide bonds. The van der Waals surface area contributed by atoms with Gasteiger partial charge in [0.15, 0.2) is 0 Å². The van der Waals surface area contributed by atoms with Crippen molar-refractivity contribution in [1.29, 1.82) is 5.26 Å². The zero-order valence-electron chi connectivity index (χ0n) is 11.7. The van der Waals surface area contributed by atoms with Crippen LogP contribution in [0.25, 0.3) is 0 Å². The maximum Gasteiger partial charge on any atom is 0.126 e. The molecule has 0 radical (unpaired) electrons. The lowest BCUT2D eigenvalue weighted by atomic mass is 9.69. The van der Waals surface area contributed by atoms with E-state index in [-0.39, 0.29) is 11.2 Å². The van der Waals surface area contributed by atoms with Gasteiger partial charge in [0.05, 0.1) is 11.5 Å². The Morgan fingerprint density at radius 3 is 2.68 bits per heavy atom. The Kier molecular flexibility index (Phi) is 4.21. The molecule has 0 N–H and O–H groups in total. The van der Waals surface area contributed by atoms with E-state index < -0.39 is 0 Å². The zero-order chi connectivity index (χ0) is 13.9. The van der Waals surface area contributed by atoms with Crippen LogP contribution in [0.5, 0.6) is 0 Å². The van der Waals surface area contributed by atoms with Gasteiger partial charge < -0.3 is 4.90 Å². The van der Waals surface area contributed by atoms with Gasteiger partial charge in [-0.1, -0.05) is 18.6 Å². The third-order valence-electron chi connectivity index (χ3n) is 4.12. The van der Waals surface area contributed by atoms with E-state index in [2.05, 4.69) is 18.0 Å². The Labute approximate surface area is 114 Å². The smallest absolute Gasteiger partial charge is 0.126 e. The van der Waals surface area contributed by atoms with Gasteiger partial charge >= 0.3 is 0 Å². The number of benzene rings is 1. The van der Waals surface area contributed by atoms with E-state index in [1.807, 2.05) is 12.1 Å². The second-order valence-electron chi connectivity index (χ2n) is 5.82. The van der Waals surface area contributed by atoms with Crippen molar-refractivity contribution in [3.05, 3.63) is 35.1 Å². The predicted molar refractivity (Wildman–Crippen MR) is 74.2 cm³/mol. The molecule has 1 saturated carbocycles. The van der Waals surface area contributed by atoms with E-state index in [0.717, 1.165) is 37.9 Å². The molecular formula is C16H21FN2. The van der Waals surface area contributed by atoms with Crippen LogP contribution in [0.2, 0.25) is 0 Å². The number of nitrogens with zero attached hydrogens (tertiary/aromatic N) is 2. The highest BCUT2D eigenvalue weighted by Crippen LogP contribution is 2.40. The average Bonchev–Trinajstić information content (AvgIpc) is 2.35. The Hall–Kier alpha value is -1.40. The molecule has 1 aliphatic carbocycles. The van der Waals surface area contributed by atoms with Gasteiger partial charge in [0, 0.05) is 13.1 Å². The molecule has 1 aromatic rings. The standard InChI is InChI=1S/C16H21FN2/c1-13-10-14(4-5-15(13)17)6-9-19(2)12-16(11-18)7-3-8-16/h4-5,10H,3,6-9,12H2,1-2H3. The van der Waals surface area contributed by atoms with Crippen LogP contribution in [0.3, 0.4) is 0 Å². The molecule has 0 aliphatic heterocycles. The van der Waals surface area contributed by atoms with Gasteiger partial charge in [-0.05, 0) is 50.4 Å². The normalized spacial score (nSPS) is 17.0. The number of hydrogen-bond acceptors (Lipinski definition) is 2. The maximum absolute atomic E-state index is 13.2. The van der Waals surface area contributed by atoms with E-state index in [1.54, 1.807) is 6.92 Å². The van der Waals surface area contributed by atoms with Gasteiger partial charge in [-0.3, -0.25) is 0 Å². The summed E-state index contributed by atoms with van der Waals surface area (Å²) in [5.74, 6) is -0.144. The largest absolute Gasteiger partial charge is 0.304 e. The molecule has 2 nitrogen and oxygen atoms in total. The van der Waals surface area contributed by atoms with Gasteiger partial charge in [0.25, 0.3) is 0 Å². The molecule has 2 rings (SSSR count). The summed E-state index contributed by atoms with van der Waals surface area (Å²) in [6.07, 6.45) is 4.14. The second-order valence-corrected chi connectivity index (χ2v) is 5.82. The monoisotopic (exact) mass is 260 g/mol. The Morgan fingerprint density at radius 2 is 2.16 bits per heavy atom. The first-order valence-corrected chi connectivity index (χ1v) is 6.89. The van der Waals surface area contributed by atoms with Crippen molar-refractivity contribution in [3.8, 4) is 6.07 Å². The van der Waals surface area contributed by atoms with Gasteiger partial charge in [-0.2, -0.15) is 5.26 Å². The molecule has 0 heterocycles. The van der Waals surface area contributed by atoms with Crippen LogP contribution < -0.4 is 0 Å². The molecule has 1 fully saturated rings. The molecule has 0 saturated heterocycles. The number of likely N-dealkylation sites (N-methyl/N-ethyl adjacent to an activating group) is 1. The summed E-state index contributed by atoms with van der Waals surface area (Å²) in [6.45, 7) is 3.56. The van der Waals surface area contributed by atoms with E-state index in [1.165, 1.54) is 12.5 Å². The third kappa shape index (κ3) is 3.33. The molecule has 102 valence electrons. The highest BCUT2D eigenvalue weighted by Gasteiger charge is 2.37. The van der Waals surface area contributed by atoms with E-state index in [0.29, 0.717) is 5.56 Å². The summed E-state index contributed by atoms with van der Waals surface area (Å²) in [5, 5.41) is 9.22. The Balaban J connectivity index is 1.85. The molecule has 1 aromatic carbocycles. The fraction of sp³-hybridized carbons (Fsp3) is 0.562. The number of hydrogen-bond donors (Lipinski definition) is 0. The molecule has 0 spiro atoms. The first-order chi connectivity index (χ1) is 9.04.